The first-order chi connectivity index (χ1) is 9.67. The molecule has 1 aromatic carbocycles. The summed E-state index contributed by atoms with van der Waals surface area (Å²) in [7, 11) is 0. The monoisotopic (exact) mass is 278 g/mol. The van der Waals surface area contributed by atoms with Gasteiger partial charge in [0.1, 0.15) is 0 Å². The third-order valence-electron chi connectivity index (χ3n) is 4.07. The first-order valence-corrected chi connectivity index (χ1v) is 7.64. The van der Waals surface area contributed by atoms with Gasteiger partial charge >= 0.3 is 0 Å². The van der Waals surface area contributed by atoms with Gasteiger partial charge < -0.3 is 15.4 Å². The SMILES string of the molecule is CCOc1cc(N(CC2CC2)CC2CC2)c(N)cc1F. The molecule has 0 radical (unpaired) electrons. The highest BCUT2D eigenvalue weighted by atomic mass is 19.1. The lowest BCUT2D eigenvalue weighted by Gasteiger charge is -2.27. The second-order valence-corrected chi connectivity index (χ2v) is 6.07. The molecule has 0 aliphatic heterocycles. The number of nitrogens with zero attached hydrogens (tertiary/aromatic N) is 1. The molecule has 110 valence electrons. The van der Waals surface area contributed by atoms with Crippen molar-refractivity contribution in [2.24, 2.45) is 11.8 Å². The lowest BCUT2D eigenvalue weighted by atomic mass is 10.2. The van der Waals surface area contributed by atoms with Gasteiger partial charge in [0.25, 0.3) is 0 Å². The van der Waals surface area contributed by atoms with Gasteiger partial charge in [-0.05, 0) is 44.4 Å². The van der Waals surface area contributed by atoms with E-state index in [1.165, 1.54) is 31.7 Å². The van der Waals surface area contributed by atoms with E-state index < -0.39 is 0 Å². The second kappa shape index (κ2) is 5.51. The van der Waals surface area contributed by atoms with E-state index in [0.29, 0.717) is 18.0 Å². The Hall–Kier alpha value is -1.45. The molecule has 0 bridgehead atoms. The predicted octanol–water partition coefficient (Wildman–Crippen LogP) is 3.43. The maximum absolute atomic E-state index is 13.8. The molecule has 2 fully saturated rings. The second-order valence-electron chi connectivity index (χ2n) is 6.07. The van der Waals surface area contributed by atoms with Gasteiger partial charge in [-0.3, -0.25) is 0 Å². The van der Waals surface area contributed by atoms with Crippen LogP contribution in [-0.2, 0) is 0 Å². The van der Waals surface area contributed by atoms with Gasteiger partial charge in [0.15, 0.2) is 11.6 Å². The molecule has 0 amide bonds. The number of halogens is 1. The summed E-state index contributed by atoms with van der Waals surface area (Å²) >= 11 is 0. The zero-order valence-corrected chi connectivity index (χ0v) is 12.1. The van der Waals surface area contributed by atoms with Gasteiger partial charge in [0.05, 0.1) is 18.0 Å². The fraction of sp³-hybridized carbons (Fsp3) is 0.625. The molecule has 0 atom stereocenters. The zero-order valence-electron chi connectivity index (χ0n) is 12.1. The van der Waals surface area contributed by atoms with E-state index in [1.807, 2.05) is 6.92 Å². The van der Waals surface area contributed by atoms with Crippen LogP contribution in [0.3, 0.4) is 0 Å². The van der Waals surface area contributed by atoms with E-state index >= 15 is 0 Å². The summed E-state index contributed by atoms with van der Waals surface area (Å²) in [4.78, 5) is 2.34. The molecule has 20 heavy (non-hydrogen) atoms. The van der Waals surface area contributed by atoms with Crippen molar-refractivity contribution in [3.8, 4) is 5.75 Å². The van der Waals surface area contributed by atoms with Crippen LogP contribution in [0.4, 0.5) is 15.8 Å². The molecule has 0 heterocycles. The van der Waals surface area contributed by atoms with Gasteiger partial charge in [-0.2, -0.15) is 0 Å². The van der Waals surface area contributed by atoms with Gasteiger partial charge in [0, 0.05) is 25.2 Å². The number of benzene rings is 1. The Labute approximate surface area is 119 Å². The molecular formula is C16H23FN2O. The van der Waals surface area contributed by atoms with Crippen LogP contribution in [0, 0.1) is 17.7 Å². The quantitative estimate of drug-likeness (QED) is 0.777. The normalized spacial score (nSPS) is 18.1. The zero-order chi connectivity index (χ0) is 14.1. The highest BCUT2D eigenvalue weighted by molar-refractivity contribution is 5.70. The van der Waals surface area contributed by atoms with Gasteiger partial charge in [0.2, 0.25) is 0 Å². The molecule has 3 nitrogen and oxygen atoms in total. The first kappa shape index (κ1) is 13.5. The summed E-state index contributed by atoms with van der Waals surface area (Å²) in [5, 5.41) is 0. The van der Waals surface area contributed by atoms with Crippen molar-refractivity contribution in [1.82, 2.24) is 0 Å². The lowest BCUT2D eigenvalue weighted by Crippen LogP contribution is -2.29. The van der Waals surface area contributed by atoms with Crippen LogP contribution in [0.15, 0.2) is 12.1 Å². The van der Waals surface area contributed by atoms with Crippen LogP contribution in [0.25, 0.3) is 0 Å². The van der Waals surface area contributed by atoms with Crippen LogP contribution < -0.4 is 15.4 Å². The standard InChI is InChI=1S/C16H23FN2O/c1-2-20-16-8-15(14(18)7-13(16)17)19(9-11-3-4-11)10-12-5-6-12/h7-8,11-12H,2-6,9-10,18H2,1H3. The molecule has 2 N–H and O–H groups in total. The Morgan fingerprint density at radius 2 is 1.80 bits per heavy atom. The molecule has 0 aromatic heterocycles. The van der Waals surface area contributed by atoms with Crippen molar-refractivity contribution in [1.29, 1.82) is 0 Å². The van der Waals surface area contributed by atoms with Crippen molar-refractivity contribution in [3.63, 3.8) is 0 Å². The Morgan fingerprint density at radius 3 is 2.30 bits per heavy atom. The number of hydrogen-bond acceptors (Lipinski definition) is 3. The summed E-state index contributed by atoms with van der Waals surface area (Å²) in [5.74, 6) is 1.52. The Bertz CT molecular complexity index is 470. The van der Waals surface area contributed by atoms with Crippen LogP contribution in [0.1, 0.15) is 32.6 Å². The first-order valence-electron chi connectivity index (χ1n) is 7.64. The molecule has 2 saturated carbocycles. The number of nitrogens with two attached hydrogens (primary N) is 1. The third-order valence-corrected chi connectivity index (χ3v) is 4.07. The smallest absolute Gasteiger partial charge is 0.167 e. The summed E-state index contributed by atoms with van der Waals surface area (Å²) in [6.45, 7) is 4.41. The molecule has 0 saturated heterocycles. The van der Waals surface area contributed by atoms with Crippen molar-refractivity contribution < 1.29 is 9.13 Å². The van der Waals surface area contributed by atoms with Gasteiger partial charge in [-0.1, -0.05) is 0 Å². The summed E-state index contributed by atoms with van der Waals surface area (Å²) in [6.07, 6.45) is 5.22. The van der Waals surface area contributed by atoms with E-state index in [0.717, 1.165) is 30.6 Å². The average Bonchev–Trinajstić information content (AvgIpc) is 3.27. The Kier molecular flexibility index (Phi) is 3.72. The molecular weight excluding hydrogens is 255 g/mol. The molecule has 2 aliphatic rings. The number of rotatable bonds is 7. The number of hydrogen-bond donors (Lipinski definition) is 1. The molecule has 4 heteroatoms. The molecule has 0 unspecified atom stereocenters. The summed E-state index contributed by atoms with van der Waals surface area (Å²) in [5.41, 5.74) is 7.50. The Morgan fingerprint density at radius 1 is 1.20 bits per heavy atom. The van der Waals surface area contributed by atoms with E-state index in [-0.39, 0.29) is 5.82 Å². The van der Waals surface area contributed by atoms with Crippen molar-refractivity contribution in [3.05, 3.63) is 17.9 Å². The van der Waals surface area contributed by atoms with Crippen LogP contribution in [0.5, 0.6) is 5.75 Å². The molecule has 0 spiro atoms. The maximum atomic E-state index is 13.8. The molecule has 2 aliphatic carbocycles. The minimum Gasteiger partial charge on any atom is -0.491 e. The number of ether oxygens (including phenoxy) is 1. The third kappa shape index (κ3) is 3.17. The minimum absolute atomic E-state index is 0.313. The molecule has 1 aromatic rings. The highest BCUT2D eigenvalue weighted by Gasteiger charge is 2.30. The van der Waals surface area contributed by atoms with Crippen molar-refractivity contribution >= 4 is 11.4 Å². The lowest BCUT2D eigenvalue weighted by molar-refractivity contribution is 0.321. The van der Waals surface area contributed by atoms with Crippen LogP contribution in [0.2, 0.25) is 0 Å². The maximum Gasteiger partial charge on any atom is 0.167 e. The Balaban J connectivity index is 1.84. The number of nitrogen functional groups attached to an aromatic ring is 1. The highest BCUT2D eigenvalue weighted by Crippen LogP contribution is 2.39. The summed E-state index contributed by atoms with van der Waals surface area (Å²) in [6, 6.07) is 3.17. The fourth-order valence-corrected chi connectivity index (χ4v) is 2.59. The molecule has 3 rings (SSSR count). The predicted molar refractivity (Wildman–Crippen MR) is 79.6 cm³/mol. The fourth-order valence-electron chi connectivity index (χ4n) is 2.59. The van der Waals surface area contributed by atoms with E-state index in [2.05, 4.69) is 4.90 Å². The van der Waals surface area contributed by atoms with E-state index in [4.69, 9.17) is 10.5 Å². The average molecular weight is 278 g/mol. The largest absolute Gasteiger partial charge is 0.491 e. The minimum atomic E-state index is -0.370. The van der Waals surface area contributed by atoms with E-state index in [9.17, 15) is 4.39 Å². The van der Waals surface area contributed by atoms with Crippen molar-refractivity contribution in [2.75, 3.05) is 30.3 Å². The van der Waals surface area contributed by atoms with Crippen molar-refractivity contribution in [2.45, 2.75) is 32.6 Å². The topological polar surface area (TPSA) is 38.5 Å². The van der Waals surface area contributed by atoms with Crippen LogP contribution >= 0.6 is 0 Å². The van der Waals surface area contributed by atoms with E-state index in [1.54, 1.807) is 6.07 Å². The van der Waals surface area contributed by atoms with Gasteiger partial charge in [-0.25, -0.2) is 4.39 Å². The van der Waals surface area contributed by atoms with Crippen LogP contribution in [-0.4, -0.2) is 19.7 Å². The number of anilines is 2. The summed E-state index contributed by atoms with van der Waals surface area (Å²) < 4.78 is 19.2. The van der Waals surface area contributed by atoms with Gasteiger partial charge in [-0.15, -0.1) is 0 Å².